The number of benzene rings is 1. The van der Waals surface area contributed by atoms with E-state index in [1.54, 1.807) is 0 Å². The van der Waals surface area contributed by atoms with E-state index >= 15 is 0 Å². The van der Waals surface area contributed by atoms with E-state index in [9.17, 15) is 0 Å². The van der Waals surface area contributed by atoms with Crippen molar-refractivity contribution in [3.63, 3.8) is 0 Å². The van der Waals surface area contributed by atoms with Gasteiger partial charge in [-0.25, -0.2) is 14.6 Å². The van der Waals surface area contributed by atoms with Crippen LogP contribution < -0.4 is 5.32 Å². The first-order valence-electron chi connectivity index (χ1n) is 11.0. The summed E-state index contributed by atoms with van der Waals surface area (Å²) in [5.74, 6) is 1.60. The number of nitrogens with one attached hydrogen (secondary N) is 1. The molecular formula is C24H39N5. The fraction of sp³-hybridized carbons (Fsp3) is 0.542. The monoisotopic (exact) mass is 397 g/mol. The van der Waals surface area contributed by atoms with Gasteiger partial charge in [0.15, 0.2) is 5.65 Å². The minimum absolute atomic E-state index is 0.741. The van der Waals surface area contributed by atoms with Crippen molar-refractivity contribution in [3.05, 3.63) is 47.4 Å². The number of unbranched alkanes of at least 4 members (excludes halogenated alkanes) is 2. The van der Waals surface area contributed by atoms with Crippen LogP contribution in [0.5, 0.6) is 0 Å². The fourth-order valence-electron chi connectivity index (χ4n) is 2.79. The Balaban J connectivity index is 0.000000452. The summed E-state index contributed by atoms with van der Waals surface area (Å²) in [5.41, 5.74) is 3.39. The maximum Gasteiger partial charge on any atom is 0.163 e. The van der Waals surface area contributed by atoms with Gasteiger partial charge in [0.25, 0.3) is 0 Å². The predicted molar refractivity (Wildman–Crippen MR) is 125 cm³/mol. The van der Waals surface area contributed by atoms with E-state index in [0.717, 1.165) is 35.8 Å². The molecule has 29 heavy (non-hydrogen) atoms. The molecule has 1 aromatic carbocycles. The van der Waals surface area contributed by atoms with Crippen molar-refractivity contribution in [2.45, 2.75) is 87.2 Å². The topological polar surface area (TPSA) is 55.6 Å². The average Bonchev–Trinajstić information content (AvgIpc) is 3.11. The van der Waals surface area contributed by atoms with Gasteiger partial charge in [-0.1, -0.05) is 83.2 Å². The standard InChI is InChI=1S/C16H19N5.C5H12.C3H8/c1-4-21-16-14(10-18-21)15(19-12(3)20-16)17-9-13-7-5-6-11(2)8-13;1-3-5-4-2;1-3-2/h5-8,10H,4,9H2,1-3H3,(H,17,19,20);3-5H2,1-2H3;3H2,1-2H3. The van der Waals surface area contributed by atoms with Gasteiger partial charge < -0.3 is 5.32 Å². The first-order valence-corrected chi connectivity index (χ1v) is 11.0. The Bertz CT molecular complexity index is 836. The molecule has 0 bridgehead atoms. The van der Waals surface area contributed by atoms with Gasteiger partial charge in [-0.05, 0) is 26.3 Å². The van der Waals surface area contributed by atoms with Crippen molar-refractivity contribution < 1.29 is 0 Å². The van der Waals surface area contributed by atoms with Crippen LogP contribution in [0.15, 0.2) is 30.5 Å². The molecule has 5 heteroatoms. The summed E-state index contributed by atoms with van der Waals surface area (Å²) < 4.78 is 1.89. The smallest absolute Gasteiger partial charge is 0.163 e. The third kappa shape index (κ3) is 8.22. The lowest BCUT2D eigenvalue weighted by Gasteiger charge is -2.08. The molecule has 0 saturated carbocycles. The van der Waals surface area contributed by atoms with Crippen molar-refractivity contribution in [3.8, 4) is 0 Å². The zero-order valence-electron chi connectivity index (χ0n) is 19.4. The first-order chi connectivity index (χ1) is 14.0. The van der Waals surface area contributed by atoms with Crippen LogP contribution in [-0.2, 0) is 13.1 Å². The summed E-state index contributed by atoms with van der Waals surface area (Å²) in [6.45, 7) is 16.3. The number of hydrogen-bond donors (Lipinski definition) is 1. The van der Waals surface area contributed by atoms with Gasteiger partial charge in [-0.2, -0.15) is 5.10 Å². The Kier molecular flexibility index (Phi) is 11.6. The second kappa shape index (κ2) is 13.7. The van der Waals surface area contributed by atoms with Crippen molar-refractivity contribution in [2.24, 2.45) is 0 Å². The molecule has 0 saturated heterocycles. The summed E-state index contributed by atoms with van der Waals surface area (Å²) in [5, 5.41) is 8.73. The lowest BCUT2D eigenvalue weighted by Crippen LogP contribution is -2.05. The highest BCUT2D eigenvalue weighted by Gasteiger charge is 2.10. The number of aromatic nitrogens is 4. The lowest BCUT2D eigenvalue weighted by molar-refractivity contribution is 0.675. The molecule has 0 unspecified atom stereocenters. The zero-order valence-corrected chi connectivity index (χ0v) is 19.4. The van der Waals surface area contributed by atoms with Crippen LogP contribution in [0.2, 0.25) is 0 Å². The van der Waals surface area contributed by atoms with Gasteiger partial charge in [-0.3, -0.25) is 0 Å². The minimum Gasteiger partial charge on any atom is -0.365 e. The van der Waals surface area contributed by atoms with Crippen LogP contribution in [0.3, 0.4) is 0 Å². The Morgan fingerprint density at radius 1 is 0.966 bits per heavy atom. The van der Waals surface area contributed by atoms with Crippen molar-refractivity contribution >= 4 is 16.9 Å². The molecule has 0 radical (unpaired) electrons. The average molecular weight is 398 g/mol. The van der Waals surface area contributed by atoms with Gasteiger partial charge in [0.05, 0.1) is 11.6 Å². The lowest BCUT2D eigenvalue weighted by atomic mass is 10.1. The first kappa shape index (κ1) is 24.6. The van der Waals surface area contributed by atoms with Crippen molar-refractivity contribution in [1.29, 1.82) is 0 Å². The van der Waals surface area contributed by atoms with E-state index < -0.39 is 0 Å². The maximum atomic E-state index is 4.51. The molecule has 3 rings (SSSR count). The van der Waals surface area contributed by atoms with Crippen LogP contribution in [0.4, 0.5) is 5.82 Å². The van der Waals surface area contributed by atoms with Gasteiger partial charge in [0.2, 0.25) is 0 Å². The Morgan fingerprint density at radius 3 is 2.21 bits per heavy atom. The molecule has 2 aromatic heterocycles. The quantitative estimate of drug-likeness (QED) is 0.503. The molecule has 0 aliphatic rings. The van der Waals surface area contributed by atoms with Gasteiger partial charge in [0, 0.05) is 13.1 Å². The van der Waals surface area contributed by atoms with Gasteiger partial charge >= 0.3 is 0 Å². The van der Waals surface area contributed by atoms with E-state index in [2.05, 4.69) is 86.2 Å². The molecule has 3 aromatic rings. The molecule has 160 valence electrons. The Hall–Kier alpha value is -2.43. The number of rotatable bonds is 6. The summed E-state index contributed by atoms with van der Waals surface area (Å²) in [6, 6.07) is 8.46. The summed E-state index contributed by atoms with van der Waals surface area (Å²) in [4.78, 5) is 9.00. The Morgan fingerprint density at radius 2 is 1.66 bits per heavy atom. The van der Waals surface area contributed by atoms with E-state index in [0.29, 0.717) is 0 Å². The highest BCUT2D eigenvalue weighted by molar-refractivity contribution is 5.86. The largest absolute Gasteiger partial charge is 0.365 e. The molecular weight excluding hydrogens is 358 g/mol. The summed E-state index contributed by atoms with van der Waals surface area (Å²) in [7, 11) is 0. The van der Waals surface area contributed by atoms with Crippen LogP contribution in [0.1, 0.15) is 77.3 Å². The molecule has 0 aliphatic carbocycles. The predicted octanol–water partition coefficient (Wildman–Crippen LogP) is 6.69. The second-order valence-corrected chi connectivity index (χ2v) is 7.22. The van der Waals surface area contributed by atoms with Crippen LogP contribution in [-0.4, -0.2) is 19.7 Å². The number of hydrogen-bond acceptors (Lipinski definition) is 4. The molecule has 2 heterocycles. The molecule has 0 fully saturated rings. The fourth-order valence-corrected chi connectivity index (χ4v) is 2.79. The van der Waals surface area contributed by atoms with Crippen LogP contribution in [0.25, 0.3) is 11.0 Å². The maximum absolute atomic E-state index is 4.51. The normalized spacial score (nSPS) is 10.0. The molecule has 0 atom stereocenters. The van der Waals surface area contributed by atoms with Gasteiger partial charge in [-0.15, -0.1) is 0 Å². The number of anilines is 1. The Labute approximate surface area is 177 Å². The highest BCUT2D eigenvalue weighted by Crippen LogP contribution is 2.20. The second-order valence-electron chi connectivity index (χ2n) is 7.22. The van der Waals surface area contributed by atoms with E-state index in [1.807, 2.05) is 17.8 Å². The van der Waals surface area contributed by atoms with E-state index in [-0.39, 0.29) is 0 Å². The summed E-state index contributed by atoms with van der Waals surface area (Å²) in [6.07, 6.45) is 7.16. The third-order valence-corrected chi connectivity index (χ3v) is 4.16. The van der Waals surface area contributed by atoms with Gasteiger partial charge in [0.1, 0.15) is 11.6 Å². The summed E-state index contributed by atoms with van der Waals surface area (Å²) >= 11 is 0. The van der Waals surface area contributed by atoms with Crippen LogP contribution >= 0.6 is 0 Å². The molecule has 0 amide bonds. The minimum atomic E-state index is 0.741. The molecule has 0 spiro atoms. The van der Waals surface area contributed by atoms with Crippen LogP contribution in [0, 0.1) is 13.8 Å². The number of aryl methyl sites for hydroxylation is 3. The SMILES string of the molecule is CCC.CCCCC.CCn1ncc2c(NCc3cccc(C)c3)nc(C)nc21. The molecule has 5 nitrogen and oxygen atoms in total. The highest BCUT2D eigenvalue weighted by atomic mass is 15.3. The van der Waals surface area contributed by atoms with E-state index in [4.69, 9.17) is 0 Å². The molecule has 0 aliphatic heterocycles. The van der Waals surface area contributed by atoms with Crippen molar-refractivity contribution in [2.75, 3.05) is 5.32 Å². The number of nitrogens with zero attached hydrogens (tertiary/aromatic N) is 4. The molecule has 1 N–H and O–H groups in total. The zero-order chi connectivity index (χ0) is 21.6. The van der Waals surface area contributed by atoms with E-state index in [1.165, 1.54) is 36.8 Å². The third-order valence-electron chi connectivity index (χ3n) is 4.16. The van der Waals surface area contributed by atoms with Crippen molar-refractivity contribution in [1.82, 2.24) is 19.7 Å². The number of fused-ring (bicyclic) bond motifs is 1.